The van der Waals surface area contributed by atoms with Gasteiger partial charge in [-0.2, -0.15) is 0 Å². The van der Waals surface area contributed by atoms with Crippen molar-refractivity contribution in [3.63, 3.8) is 0 Å². The number of fused-ring (bicyclic) bond motifs is 1. The molecule has 2 nitrogen and oxygen atoms in total. The van der Waals surface area contributed by atoms with Gasteiger partial charge in [0.05, 0.1) is 5.69 Å². The van der Waals surface area contributed by atoms with E-state index in [4.69, 9.17) is 4.98 Å². The van der Waals surface area contributed by atoms with Crippen LogP contribution >= 0.6 is 0 Å². The Morgan fingerprint density at radius 1 is 1.04 bits per heavy atom. The van der Waals surface area contributed by atoms with Gasteiger partial charge in [0.1, 0.15) is 0 Å². The molecule has 0 saturated carbocycles. The van der Waals surface area contributed by atoms with Crippen LogP contribution in [0.2, 0.25) is 0 Å². The first-order valence-corrected chi connectivity index (χ1v) is 9.10. The zero-order valence-corrected chi connectivity index (χ0v) is 16.4. The van der Waals surface area contributed by atoms with E-state index in [2.05, 4.69) is 79.5 Å². The van der Waals surface area contributed by atoms with Crippen molar-refractivity contribution in [1.29, 1.82) is 0 Å². The predicted molar refractivity (Wildman–Crippen MR) is 101 cm³/mol. The monoisotopic (exact) mass is 314 g/mol. The molecule has 1 aliphatic heterocycles. The molecule has 2 heteroatoms. The van der Waals surface area contributed by atoms with Crippen LogP contribution < -0.4 is 0 Å². The van der Waals surface area contributed by atoms with Crippen LogP contribution in [0.3, 0.4) is 0 Å². The van der Waals surface area contributed by atoms with E-state index in [1.165, 1.54) is 22.4 Å². The highest BCUT2D eigenvalue weighted by molar-refractivity contribution is 5.73. The van der Waals surface area contributed by atoms with Crippen LogP contribution in [0.4, 0.5) is 0 Å². The van der Waals surface area contributed by atoms with Crippen molar-refractivity contribution < 1.29 is 0 Å². The van der Waals surface area contributed by atoms with Gasteiger partial charge in [0.15, 0.2) is 0 Å². The number of aromatic nitrogens is 1. The second-order valence-electron chi connectivity index (χ2n) is 7.99. The van der Waals surface area contributed by atoms with E-state index < -0.39 is 0 Å². The van der Waals surface area contributed by atoms with Gasteiger partial charge in [0.2, 0.25) is 0 Å². The first-order valence-electron chi connectivity index (χ1n) is 9.10. The van der Waals surface area contributed by atoms with Crippen LogP contribution in [0.5, 0.6) is 0 Å². The molecule has 1 aromatic heterocycles. The van der Waals surface area contributed by atoms with Gasteiger partial charge in [-0.3, -0.25) is 9.88 Å². The summed E-state index contributed by atoms with van der Waals surface area (Å²) in [6, 6.07) is 3.14. The van der Waals surface area contributed by atoms with Gasteiger partial charge in [-0.1, -0.05) is 40.7 Å². The zero-order valence-electron chi connectivity index (χ0n) is 16.4. The molecule has 23 heavy (non-hydrogen) atoms. The van der Waals surface area contributed by atoms with Crippen molar-refractivity contribution in [3.05, 3.63) is 34.7 Å². The van der Waals surface area contributed by atoms with Crippen molar-refractivity contribution in [2.24, 2.45) is 11.8 Å². The fraction of sp³-hybridized carbons (Fsp3) is 0.667. The Labute approximate surface area is 143 Å². The highest BCUT2D eigenvalue weighted by Crippen LogP contribution is 2.40. The van der Waals surface area contributed by atoms with E-state index in [1.54, 1.807) is 0 Å². The molecule has 1 aromatic rings. The van der Waals surface area contributed by atoms with Gasteiger partial charge >= 0.3 is 0 Å². The summed E-state index contributed by atoms with van der Waals surface area (Å²) >= 11 is 0. The molecule has 0 bridgehead atoms. The van der Waals surface area contributed by atoms with Crippen molar-refractivity contribution in [1.82, 2.24) is 9.88 Å². The molecular formula is C21H34N2. The Hall–Kier alpha value is -1.15. The van der Waals surface area contributed by atoms with Crippen LogP contribution in [0, 0.1) is 18.8 Å². The largest absolute Gasteiger partial charge is 0.295 e. The Kier molecular flexibility index (Phi) is 5.35. The minimum absolute atomic E-state index is 0.335. The molecule has 3 atom stereocenters. The summed E-state index contributed by atoms with van der Waals surface area (Å²) in [5.41, 5.74) is 6.75. The van der Waals surface area contributed by atoms with E-state index in [0.29, 0.717) is 29.8 Å². The minimum atomic E-state index is 0.335. The third-order valence-corrected chi connectivity index (χ3v) is 5.59. The predicted octanol–water partition coefficient (Wildman–Crippen LogP) is 5.58. The zero-order chi connectivity index (χ0) is 17.5. The molecule has 2 rings (SSSR count). The average Bonchev–Trinajstić information content (AvgIpc) is 2.48. The summed E-state index contributed by atoms with van der Waals surface area (Å²) in [5, 5.41) is 0. The van der Waals surface area contributed by atoms with Gasteiger partial charge < -0.3 is 0 Å². The molecule has 0 amide bonds. The summed E-state index contributed by atoms with van der Waals surface area (Å²) in [5.74, 6) is 1.56. The summed E-state index contributed by atoms with van der Waals surface area (Å²) in [7, 11) is 2.24. The number of aryl methyl sites for hydroxylation is 1. The maximum absolute atomic E-state index is 5.00. The van der Waals surface area contributed by atoms with E-state index >= 15 is 0 Å². The van der Waals surface area contributed by atoms with Gasteiger partial charge in [-0.05, 0) is 62.8 Å². The fourth-order valence-electron chi connectivity index (χ4n) is 3.70. The summed E-state index contributed by atoms with van der Waals surface area (Å²) in [6.45, 7) is 18.3. The Morgan fingerprint density at radius 3 is 2.17 bits per heavy atom. The standard InChI is InChI=1S/C21H34N2/c1-12(2)18-10-14(5)16(7)23(9)17(8)21-20(18)19(13(3)4)11-15(6)22-21/h10-14,16-17H,1-9H3/b18-10-/t14-,16-,17+/m1/s1. The molecule has 0 N–H and O–H groups in total. The maximum atomic E-state index is 5.00. The van der Waals surface area contributed by atoms with E-state index in [-0.39, 0.29) is 0 Å². The third-order valence-electron chi connectivity index (χ3n) is 5.59. The number of hydrogen-bond acceptors (Lipinski definition) is 2. The van der Waals surface area contributed by atoms with Gasteiger partial charge in [0, 0.05) is 23.3 Å². The van der Waals surface area contributed by atoms with E-state index in [0.717, 1.165) is 5.69 Å². The molecule has 1 aliphatic rings. The van der Waals surface area contributed by atoms with E-state index in [9.17, 15) is 0 Å². The lowest BCUT2D eigenvalue weighted by molar-refractivity contribution is 0.163. The number of nitrogens with zero attached hydrogens (tertiary/aromatic N) is 2. The SMILES string of the molecule is Cc1cc(C(C)C)c2c(n1)[C@H](C)N(C)[C@H](C)[C@H](C)/C=C\2C(C)C. The molecule has 0 spiro atoms. The molecular weight excluding hydrogens is 280 g/mol. The van der Waals surface area contributed by atoms with Crippen LogP contribution in [-0.2, 0) is 0 Å². The summed E-state index contributed by atoms with van der Waals surface area (Å²) < 4.78 is 0. The highest BCUT2D eigenvalue weighted by atomic mass is 15.2. The third kappa shape index (κ3) is 3.38. The maximum Gasteiger partial charge on any atom is 0.0653 e. The van der Waals surface area contributed by atoms with Crippen LogP contribution in [0.25, 0.3) is 5.57 Å². The lowest BCUT2D eigenvalue weighted by Crippen LogP contribution is -2.38. The molecule has 0 saturated heterocycles. The second kappa shape index (κ2) is 6.76. The molecule has 0 radical (unpaired) electrons. The first kappa shape index (κ1) is 18.2. The Morgan fingerprint density at radius 2 is 1.65 bits per heavy atom. The fourth-order valence-corrected chi connectivity index (χ4v) is 3.70. The van der Waals surface area contributed by atoms with Gasteiger partial charge in [-0.15, -0.1) is 0 Å². The smallest absolute Gasteiger partial charge is 0.0653 e. The highest BCUT2D eigenvalue weighted by Gasteiger charge is 2.30. The number of hydrogen-bond donors (Lipinski definition) is 0. The average molecular weight is 315 g/mol. The van der Waals surface area contributed by atoms with Gasteiger partial charge in [0.25, 0.3) is 0 Å². The van der Waals surface area contributed by atoms with Crippen molar-refractivity contribution in [2.75, 3.05) is 7.05 Å². The minimum Gasteiger partial charge on any atom is -0.295 e. The molecule has 2 heterocycles. The molecule has 0 fully saturated rings. The van der Waals surface area contributed by atoms with E-state index in [1.807, 2.05) is 0 Å². The quantitative estimate of drug-likeness (QED) is 0.708. The van der Waals surface area contributed by atoms with Crippen molar-refractivity contribution in [3.8, 4) is 0 Å². The van der Waals surface area contributed by atoms with Crippen molar-refractivity contribution >= 4 is 5.57 Å². The lowest BCUT2D eigenvalue weighted by Gasteiger charge is -2.38. The van der Waals surface area contributed by atoms with Crippen molar-refractivity contribution in [2.45, 2.75) is 73.4 Å². The molecule has 128 valence electrons. The normalized spacial score (nSPS) is 28.3. The molecule has 0 unspecified atom stereocenters. The summed E-state index contributed by atoms with van der Waals surface area (Å²) in [4.78, 5) is 7.48. The first-order chi connectivity index (χ1) is 10.6. The number of allylic oxidation sites excluding steroid dienone is 1. The Balaban J connectivity index is 2.83. The number of rotatable bonds is 2. The molecule has 0 aromatic carbocycles. The van der Waals surface area contributed by atoms with Crippen LogP contribution in [0.1, 0.15) is 82.9 Å². The lowest BCUT2D eigenvalue weighted by atomic mass is 9.80. The summed E-state index contributed by atoms with van der Waals surface area (Å²) in [6.07, 6.45) is 2.50. The van der Waals surface area contributed by atoms with Crippen LogP contribution in [-0.4, -0.2) is 23.0 Å². The Bertz CT molecular complexity index is 598. The molecule has 0 aliphatic carbocycles. The topological polar surface area (TPSA) is 16.1 Å². The second-order valence-corrected chi connectivity index (χ2v) is 7.99. The van der Waals surface area contributed by atoms with Gasteiger partial charge in [-0.25, -0.2) is 0 Å². The number of pyridine rings is 1. The van der Waals surface area contributed by atoms with Crippen LogP contribution in [0.15, 0.2) is 12.1 Å².